The van der Waals surface area contributed by atoms with Gasteiger partial charge < -0.3 is 10.4 Å². The van der Waals surface area contributed by atoms with Crippen molar-refractivity contribution in [3.63, 3.8) is 0 Å². The molecule has 0 aliphatic heterocycles. The van der Waals surface area contributed by atoms with Gasteiger partial charge in [0.25, 0.3) is 0 Å². The van der Waals surface area contributed by atoms with Crippen molar-refractivity contribution in [3.8, 4) is 0 Å². The van der Waals surface area contributed by atoms with Gasteiger partial charge in [-0.2, -0.15) is 5.10 Å². The number of benzene rings is 2. The molecule has 0 fully saturated rings. The largest absolute Gasteiger partial charge is 0.387 e. The van der Waals surface area contributed by atoms with Crippen LogP contribution in [0.1, 0.15) is 23.3 Å². The first-order valence-electron chi connectivity index (χ1n) is 7.80. The summed E-state index contributed by atoms with van der Waals surface area (Å²) in [6, 6.07) is 19.9. The van der Waals surface area contributed by atoms with E-state index in [0.29, 0.717) is 0 Å². The Kier molecular flexibility index (Phi) is 5.03. The fourth-order valence-corrected chi connectivity index (χ4v) is 2.58. The number of aromatic nitrogens is 2. The molecule has 0 aliphatic carbocycles. The van der Waals surface area contributed by atoms with Gasteiger partial charge in [-0.15, -0.1) is 0 Å². The van der Waals surface area contributed by atoms with Gasteiger partial charge in [-0.25, -0.2) is 0 Å². The van der Waals surface area contributed by atoms with Crippen molar-refractivity contribution in [2.24, 2.45) is 0 Å². The van der Waals surface area contributed by atoms with Gasteiger partial charge in [0.05, 0.1) is 6.10 Å². The standard InChI is InChI=1S/C19H19N3O2/c23-17(15-8-3-1-4-9-15)14-20-19(24)18(22-13-7-12-21-22)16-10-5-2-6-11-16/h1-13,17-18,23H,14H2,(H,20,24)/t17-,18+/m1/s1. The summed E-state index contributed by atoms with van der Waals surface area (Å²) in [7, 11) is 0. The molecule has 1 heterocycles. The van der Waals surface area contributed by atoms with Gasteiger partial charge in [-0.05, 0) is 17.2 Å². The van der Waals surface area contributed by atoms with Crippen molar-refractivity contribution in [3.05, 3.63) is 90.3 Å². The lowest BCUT2D eigenvalue weighted by Gasteiger charge is -2.19. The first-order valence-corrected chi connectivity index (χ1v) is 7.80. The number of nitrogens with one attached hydrogen (secondary N) is 1. The molecule has 0 aliphatic rings. The van der Waals surface area contributed by atoms with Gasteiger partial charge in [0.2, 0.25) is 5.91 Å². The molecule has 2 aromatic carbocycles. The predicted octanol–water partition coefficient (Wildman–Crippen LogP) is 2.32. The molecular formula is C19H19N3O2. The molecule has 5 nitrogen and oxygen atoms in total. The number of carbonyl (C=O) groups is 1. The van der Waals surface area contributed by atoms with Gasteiger partial charge in [0.1, 0.15) is 0 Å². The highest BCUT2D eigenvalue weighted by Crippen LogP contribution is 2.18. The van der Waals surface area contributed by atoms with Crippen LogP contribution in [0.4, 0.5) is 0 Å². The molecule has 5 heteroatoms. The summed E-state index contributed by atoms with van der Waals surface area (Å²) in [5, 5.41) is 17.2. The Balaban J connectivity index is 1.73. The highest BCUT2D eigenvalue weighted by molar-refractivity contribution is 5.83. The van der Waals surface area contributed by atoms with Crippen molar-refractivity contribution < 1.29 is 9.90 Å². The van der Waals surface area contributed by atoms with E-state index in [1.807, 2.05) is 60.7 Å². The zero-order valence-electron chi connectivity index (χ0n) is 13.1. The predicted molar refractivity (Wildman–Crippen MR) is 91.2 cm³/mol. The second-order valence-electron chi connectivity index (χ2n) is 5.47. The van der Waals surface area contributed by atoms with Crippen LogP contribution in [0.2, 0.25) is 0 Å². The molecule has 0 unspecified atom stereocenters. The van der Waals surface area contributed by atoms with Crippen molar-refractivity contribution in [1.29, 1.82) is 0 Å². The summed E-state index contributed by atoms with van der Waals surface area (Å²) >= 11 is 0. The lowest BCUT2D eigenvalue weighted by atomic mass is 10.1. The number of nitrogens with zero attached hydrogens (tertiary/aromatic N) is 2. The molecule has 0 radical (unpaired) electrons. The Morgan fingerprint density at radius 2 is 1.62 bits per heavy atom. The average molecular weight is 321 g/mol. The molecule has 0 saturated carbocycles. The SMILES string of the molecule is O=C(NC[C@@H](O)c1ccccc1)[C@H](c1ccccc1)n1cccn1. The third kappa shape index (κ3) is 3.70. The second-order valence-corrected chi connectivity index (χ2v) is 5.47. The van der Waals surface area contributed by atoms with E-state index in [2.05, 4.69) is 10.4 Å². The maximum atomic E-state index is 12.7. The maximum Gasteiger partial charge on any atom is 0.249 e. The summed E-state index contributed by atoms with van der Waals surface area (Å²) in [5.74, 6) is -0.208. The highest BCUT2D eigenvalue weighted by Gasteiger charge is 2.23. The molecule has 0 spiro atoms. The van der Waals surface area contributed by atoms with Crippen LogP contribution in [0, 0.1) is 0 Å². The molecule has 3 aromatic rings. The molecule has 1 amide bonds. The van der Waals surface area contributed by atoms with Crippen LogP contribution in [0.3, 0.4) is 0 Å². The van der Waals surface area contributed by atoms with Crippen LogP contribution >= 0.6 is 0 Å². The number of carbonyl (C=O) groups excluding carboxylic acids is 1. The van der Waals surface area contributed by atoms with Crippen LogP contribution in [0.25, 0.3) is 0 Å². The van der Waals surface area contributed by atoms with Crippen LogP contribution in [0.5, 0.6) is 0 Å². The van der Waals surface area contributed by atoms with E-state index in [1.165, 1.54) is 0 Å². The van der Waals surface area contributed by atoms with Crippen molar-refractivity contribution in [2.45, 2.75) is 12.1 Å². The number of hydrogen-bond donors (Lipinski definition) is 2. The molecule has 2 atom stereocenters. The quantitative estimate of drug-likeness (QED) is 0.732. The zero-order valence-corrected chi connectivity index (χ0v) is 13.1. The summed E-state index contributed by atoms with van der Waals surface area (Å²) in [4.78, 5) is 12.7. The minimum absolute atomic E-state index is 0.146. The smallest absolute Gasteiger partial charge is 0.249 e. The average Bonchev–Trinajstić information content (AvgIpc) is 3.15. The minimum atomic E-state index is -0.746. The van der Waals surface area contributed by atoms with E-state index in [9.17, 15) is 9.90 Å². The summed E-state index contributed by atoms with van der Waals surface area (Å²) in [5.41, 5.74) is 1.61. The fourth-order valence-electron chi connectivity index (χ4n) is 2.58. The van der Waals surface area contributed by atoms with Crippen LogP contribution in [0.15, 0.2) is 79.1 Å². The topological polar surface area (TPSA) is 67.2 Å². The van der Waals surface area contributed by atoms with Crippen molar-refractivity contribution in [1.82, 2.24) is 15.1 Å². The van der Waals surface area contributed by atoms with Crippen molar-refractivity contribution >= 4 is 5.91 Å². The normalized spacial score (nSPS) is 13.2. The third-order valence-corrected chi connectivity index (χ3v) is 3.81. The van der Waals surface area contributed by atoms with E-state index in [4.69, 9.17) is 0 Å². The van der Waals surface area contributed by atoms with E-state index in [1.54, 1.807) is 23.1 Å². The van der Waals surface area contributed by atoms with Crippen LogP contribution in [-0.2, 0) is 4.79 Å². The van der Waals surface area contributed by atoms with E-state index in [-0.39, 0.29) is 12.5 Å². The molecule has 122 valence electrons. The third-order valence-electron chi connectivity index (χ3n) is 3.81. The summed E-state index contributed by atoms with van der Waals surface area (Å²) in [6.07, 6.45) is 2.65. The molecule has 0 bridgehead atoms. The monoisotopic (exact) mass is 321 g/mol. The Hall–Kier alpha value is -2.92. The Morgan fingerprint density at radius 1 is 1.00 bits per heavy atom. The molecule has 2 N–H and O–H groups in total. The fraction of sp³-hybridized carbons (Fsp3) is 0.158. The number of aliphatic hydroxyl groups excluding tert-OH is 1. The first-order chi connectivity index (χ1) is 11.8. The Bertz CT molecular complexity index is 758. The summed E-state index contributed by atoms with van der Waals surface area (Å²) < 4.78 is 1.61. The highest BCUT2D eigenvalue weighted by atomic mass is 16.3. The van der Waals surface area contributed by atoms with Gasteiger partial charge in [-0.1, -0.05) is 60.7 Å². The number of hydrogen-bond acceptors (Lipinski definition) is 3. The van der Waals surface area contributed by atoms with Gasteiger partial charge in [0, 0.05) is 18.9 Å². The van der Waals surface area contributed by atoms with E-state index < -0.39 is 12.1 Å². The summed E-state index contributed by atoms with van der Waals surface area (Å²) in [6.45, 7) is 0.146. The molecular weight excluding hydrogens is 302 g/mol. The van der Waals surface area contributed by atoms with Gasteiger partial charge >= 0.3 is 0 Å². The first kappa shape index (κ1) is 16.0. The lowest BCUT2D eigenvalue weighted by molar-refractivity contribution is -0.123. The van der Waals surface area contributed by atoms with Crippen molar-refractivity contribution in [2.75, 3.05) is 6.54 Å². The maximum absolute atomic E-state index is 12.7. The number of rotatable bonds is 6. The second kappa shape index (κ2) is 7.57. The number of aliphatic hydroxyl groups is 1. The molecule has 0 saturated heterocycles. The molecule has 24 heavy (non-hydrogen) atoms. The Morgan fingerprint density at radius 3 is 2.21 bits per heavy atom. The van der Waals surface area contributed by atoms with E-state index in [0.717, 1.165) is 11.1 Å². The van der Waals surface area contributed by atoms with E-state index >= 15 is 0 Å². The number of amides is 1. The van der Waals surface area contributed by atoms with Crippen LogP contribution < -0.4 is 5.32 Å². The van der Waals surface area contributed by atoms with Gasteiger partial charge in [-0.3, -0.25) is 9.48 Å². The van der Waals surface area contributed by atoms with Crippen LogP contribution in [-0.4, -0.2) is 27.3 Å². The molecule has 1 aromatic heterocycles. The minimum Gasteiger partial charge on any atom is -0.387 e. The van der Waals surface area contributed by atoms with Gasteiger partial charge in [0.15, 0.2) is 6.04 Å². The zero-order chi connectivity index (χ0) is 16.8. The lowest BCUT2D eigenvalue weighted by Crippen LogP contribution is -2.36. The molecule has 3 rings (SSSR count). The Labute approximate surface area is 140 Å².